The maximum atomic E-state index is 12.1. The van der Waals surface area contributed by atoms with Crippen molar-refractivity contribution in [3.63, 3.8) is 0 Å². The fourth-order valence-corrected chi connectivity index (χ4v) is 2.46. The predicted octanol–water partition coefficient (Wildman–Crippen LogP) is 1.58. The van der Waals surface area contributed by atoms with Gasteiger partial charge in [-0.1, -0.05) is 25.0 Å². The highest BCUT2D eigenvalue weighted by Crippen LogP contribution is 2.28. The summed E-state index contributed by atoms with van der Waals surface area (Å²) < 4.78 is 0. The molecule has 4 N–H and O–H groups in total. The number of anilines is 2. The minimum absolute atomic E-state index is 0.0689. The van der Waals surface area contributed by atoms with Crippen LogP contribution in [-0.4, -0.2) is 35.4 Å². The van der Waals surface area contributed by atoms with Crippen LogP contribution < -0.4 is 10.6 Å². The summed E-state index contributed by atoms with van der Waals surface area (Å²) in [6, 6.07) is 7.39. The van der Waals surface area contributed by atoms with Crippen LogP contribution in [0.25, 0.3) is 0 Å². The second-order valence-corrected chi connectivity index (χ2v) is 5.23. The van der Waals surface area contributed by atoms with Gasteiger partial charge in [0, 0.05) is 12.5 Å². The van der Waals surface area contributed by atoms with E-state index in [1.54, 1.807) is 0 Å². The topological polar surface area (TPSA) is 81.6 Å². The SMILES string of the molecule is O=C(Nc1ccccc1NCC(O)CO)C1CCCC1. The molecule has 1 aromatic rings. The summed E-state index contributed by atoms with van der Waals surface area (Å²) in [4.78, 5) is 12.1. The van der Waals surface area contributed by atoms with E-state index in [0.717, 1.165) is 37.1 Å². The van der Waals surface area contributed by atoms with Gasteiger partial charge in [-0.3, -0.25) is 4.79 Å². The number of hydrogen-bond donors (Lipinski definition) is 4. The summed E-state index contributed by atoms with van der Waals surface area (Å²) in [6.45, 7) is -0.0452. The summed E-state index contributed by atoms with van der Waals surface area (Å²) >= 11 is 0. The average Bonchev–Trinajstić information content (AvgIpc) is 3.00. The summed E-state index contributed by atoms with van der Waals surface area (Å²) in [5, 5.41) is 24.2. The van der Waals surface area contributed by atoms with Crippen LogP contribution in [0.3, 0.4) is 0 Å². The smallest absolute Gasteiger partial charge is 0.227 e. The van der Waals surface area contributed by atoms with Crippen molar-refractivity contribution in [1.29, 1.82) is 0 Å². The molecule has 1 aliphatic rings. The molecule has 1 aliphatic carbocycles. The number of rotatable bonds is 6. The second kappa shape index (κ2) is 7.26. The summed E-state index contributed by atoms with van der Waals surface area (Å²) in [7, 11) is 0. The van der Waals surface area contributed by atoms with E-state index in [-0.39, 0.29) is 25.0 Å². The molecule has 0 spiro atoms. The van der Waals surface area contributed by atoms with Gasteiger partial charge in [-0.25, -0.2) is 0 Å². The number of nitrogens with one attached hydrogen (secondary N) is 2. The van der Waals surface area contributed by atoms with Gasteiger partial charge in [-0.05, 0) is 25.0 Å². The number of benzene rings is 1. The van der Waals surface area contributed by atoms with Crippen molar-refractivity contribution in [3.05, 3.63) is 24.3 Å². The lowest BCUT2D eigenvalue weighted by Crippen LogP contribution is -2.24. The Morgan fingerprint density at radius 2 is 1.90 bits per heavy atom. The van der Waals surface area contributed by atoms with Gasteiger partial charge in [0.1, 0.15) is 0 Å². The van der Waals surface area contributed by atoms with Crippen molar-refractivity contribution in [2.75, 3.05) is 23.8 Å². The lowest BCUT2D eigenvalue weighted by molar-refractivity contribution is -0.119. The van der Waals surface area contributed by atoms with E-state index < -0.39 is 6.10 Å². The van der Waals surface area contributed by atoms with Crippen molar-refractivity contribution in [2.24, 2.45) is 5.92 Å². The van der Waals surface area contributed by atoms with Gasteiger partial charge in [-0.2, -0.15) is 0 Å². The molecule has 1 fully saturated rings. The minimum atomic E-state index is -0.811. The van der Waals surface area contributed by atoms with Gasteiger partial charge < -0.3 is 20.8 Å². The molecule has 0 aromatic heterocycles. The first-order valence-electron chi connectivity index (χ1n) is 7.13. The molecule has 0 bridgehead atoms. The molecule has 1 amide bonds. The molecule has 5 nitrogen and oxygen atoms in total. The van der Waals surface area contributed by atoms with E-state index in [2.05, 4.69) is 10.6 Å². The summed E-state index contributed by atoms with van der Waals surface area (Å²) in [5.41, 5.74) is 1.47. The lowest BCUT2D eigenvalue weighted by Gasteiger charge is -2.16. The molecule has 2 rings (SSSR count). The molecule has 1 unspecified atom stereocenters. The molecule has 0 heterocycles. The highest BCUT2D eigenvalue weighted by molar-refractivity contribution is 5.95. The Hall–Kier alpha value is -1.59. The Balaban J connectivity index is 1.97. The standard InChI is InChI=1S/C15H22N2O3/c18-10-12(19)9-16-13-7-3-4-8-14(13)17-15(20)11-5-1-2-6-11/h3-4,7-8,11-12,16,18-19H,1-2,5-6,9-10H2,(H,17,20). The van der Waals surface area contributed by atoms with Crippen LogP contribution in [-0.2, 0) is 4.79 Å². The van der Waals surface area contributed by atoms with E-state index in [4.69, 9.17) is 5.11 Å². The number of carbonyl (C=O) groups is 1. The Kier molecular flexibility index (Phi) is 5.38. The summed E-state index contributed by atoms with van der Waals surface area (Å²) in [6.07, 6.45) is 3.37. The molecule has 1 atom stereocenters. The third-order valence-electron chi connectivity index (χ3n) is 3.65. The molecule has 20 heavy (non-hydrogen) atoms. The zero-order chi connectivity index (χ0) is 14.4. The Bertz CT molecular complexity index is 444. The Morgan fingerprint density at radius 1 is 1.25 bits per heavy atom. The van der Waals surface area contributed by atoms with E-state index >= 15 is 0 Å². The molecule has 110 valence electrons. The normalized spacial score (nSPS) is 16.9. The first kappa shape index (κ1) is 14.8. The van der Waals surface area contributed by atoms with Crippen LogP contribution in [0, 0.1) is 5.92 Å². The van der Waals surface area contributed by atoms with Gasteiger partial charge >= 0.3 is 0 Å². The van der Waals surface area contributed by atoms with Crippen LogP contribution >= 0.6 is 0 Å². The number of amides is 1. The van der Waals surface area contributed by atoms with Crippen molar-refractivity contribution in [1.82, 2.24) is 0 Å². The first-order chi connectivity index (χ1) is 9.70. The molecule has 0 saturated heterocycles. The fraction of sp³-hybridized carbons (Fsp3) is 0.533. The third-order valence-corrected chi connectivity index (χ3v) is 3.65. The van der Waals surface area contributed by atoms with Crippen molar-refractivity contribution in [2.45, 2.75) is 31.8 Å². The van der Waals surface area contributed by atoms with E-state index in [0.29, 0.717) is 0 Å². The third kappa shape index (κ3) is 3.95. The van der Waals surface area contributed by atoms with E-state index in [1.807, 2.05) is 24.3 Å². The van der Waals surface area contributed by atoms with Gasteiger partial charge in [0.25, 0.3) is 0 Å². The molecule has 0 aliphatic heterocycles. The lowest BCUT2D eigenvalue weighted by atomic mass is 10.1. The zero-order valence-electron chi connectivity index (χ0n) is 11.5. The minimum Gasteiger partial charge on any atom is -0.394 e. The second-order valence-electron chi connectivity index (χ2n) is 5.23. The molecule has 0 radical (unpaired) electrons. The Morgan fingerprint density at radius 3 is 2.55 bits per heavy atom. The maximum absolute atomic E-state index is 12.1. The number of aliphatic hydroxyl groups excluding tert-OH is 2. The fourth-order valence-electron chi connectivity index (χ4n) is 2.46. The van der Waals surface area contributed by atoms with E-state index in [1.165, 1.54) is 0 Å². The highest BCUT2D eigenvalue weighted by atomic mass is 16.3. The molecular formula is C15H22N2O3. The number of para-hydroxylation sites is 2. The van der Waals surface area contributed by atoms with Crippen molar-refractivity contribution in [3.8, 4) is 0 Å². The zero-order valence-corrected chi connectivity index (χ0v) is 11.5. The van der Waals surface area contributed by atoms with Gasteiger partial charge in [0.05, 0.1) is 24.1 Å². The molecule has 1 saturated carbocycles. The number of aliphatic hydroxyl groups is 2. The van der Waals surface area contributed by atoms with Crippen molar-refractivity contribution < 1.29 is 15.0 Å². The van der Waals surface area contributed by atoms with Gasteiger partial charge in [0.2, 0.25) is 5.91 Å². The van der Waals surface area contributed by atoms with E-state index in [9.17, 15) is 9.90 Å². The molecular weight excluding hydrogens is 256 g/mol. The first-order valence-corrected chi connectivity index (χ1v) is 7.13. The number of carbonyl (C=O) groups excluding carboxylic acids is 1. The van der Waals surface area contributed by atoms with Crippen LogP contribution in [0.15, 0.2) is 24.3 Å². The monoisotopic (exact) mass is 278 g/mol. The van der Waals surface area contributed by atoms with Gasteiger partial charge in [0.15, 0.2) is 0 Å². The van der Waals surface area contributed by atoms with Crippen LogP contribution in [0.4, 0.5) is 11.4 Å². The Labute approximate surface area is 119 Å². The van der Waals surface area contributed by atoms with Crippen LogP contribution in [0.1, 0.15) is 25.7 Å². The summed E-state index contributed by atoms with van der Waals surface area (Å²) in [5.74, 6) is 0.186. The molecule has 5 heteroatoms. The van der Waals surface area contributed by atoms with Crippen molar-refractivity contribution >= 4 is 17.3 Å². The largest absolute Gasteiger partial charge is 0.394 e. The molecule has 1 aromatic carbocycles. The maximum Gasteiger partial charge on any atom is 0.227 e. The van der Waals surface area contributed by atoms with Gasteiger partial charge in [-0.15, -0.1) is 0 Å². The number of hydrogen-bond acceptors (Lipinski definition) is 4. The van der Waals surface area contributed by atoms with Crippen LogP contribution in [0.5, 0.6) is 0 Å². The predicted molar refractivity (Wildman–Crippen MR) is 78.6 cm³/mol. The van der Waals surface area contributed by atoms with Crippen LogP contribution in [0.2, 0.25) is 0 Å². The highest BCUT2D eigenvalue weighted by Gasteiger charge is 2.23. The quantitative estimate of drug-likeness (QED) is 0.637. The average molecular weight is 278 g/mol.